The number of carbonyl (C=O) groups excluding carboxylic acids is 1. The van der Waals surface area contributed by atoms with Crippen LogP contribution in [0.1, 0.15) is 10.4 Å². The van der Waals surface area contributed by atoms with E-state index in [9.17, 15) is 13.2 Å². The van der Waals surface area contributed by atoms with E-state index in [0.717, 1.165) is 0 Å². The Morgan fingerprint density at radius 2 is 2.00 bits per heavy atom. The molecule has 110 valence electrons. The van der Waals surface area contributed by atoms with Gasteiger partial charge in [-0.05, 0) is 24.3 Å². The zero-order chi connectivity index (χ0) is 15.6. The number of nitrogens with one attached hydrogen (secondary N) is 1. The van der Waals surface area contributed by atoms with E-state index in [-0.39, 0.29) is 27.0 Å². The first-order valence-electron chi connectivity index (χ1n) is 5.62. The summed E-state index contributed by atoms with van der Waals surface area (Å²) in [6.07, 6.45) is 1.26. The lowest BCUT2D eigenvalue weighted by Gasteiger charge is -2.08. The van der Waals surface area contributed by atoms with Crippen LogP contribution in [0.3, 0.4) is 0 Å². The molecule has 2 rings (SSSR count). The van der Waals surface area contributed by atoms with Crippen LogP contribution in [0.15, 0.2) is 41.4 Å². The molecule has 21 heavy (non-hydrogen) atoms. The van der Waals surface area contributed by atoms with E-state index < -0.39 is 15.9 Å². The molecule has 0 saturated heterocycles. The fraction of sp³-hybridized carbons (Fsp3) is 0. The monoisotopic (exact) mass is 326 g/mol. The summed E-state index contributed by atoms with van der Waals surface area (Å²) in [5.74, 6) is -0.539. The summed E-state index contributed by atoms with van der Waals surface area (Å²) in [6.45, 7) is 0. The molecule has 1 heterocycles. The summed E-state index contributed by atoms with van der Waals surface area (Å²) in [4.78, 5) is 15.7. The standard InChI is InChI=1S/C12H11ClN4O3S/c13-11-5-9(10(14)6-16-11)12(18)17-7-2-1-3-8(4-7)21(15,19)20/h1-6H,14H2,(H,17,18)(H2,15,19,20). The molecule has 0 aliphatic rings. The SMILES string of the molecule is Nc1cnc(Cl)cc1C(=O)Nc1cccc(S(N)(=O)=O)c1. The minimum atomic E-state index is -3.85. The Morgan fingerprint density at radius 1 is 1.29 bits per heavy atom. The van der Waals surface area contributed by atoms with Crippen molar-refractivity contribution in [2.75, 3.05) is 11.1 Å². The molecule has 1 aromatic carbocycles. The molecule has 0 saturated carbocycles. The molecule has 2 aromatic rings. The summed E-state index contributed by atoms with van der Waals surface area (Å²) in [6, 6.07) is 6.86. The Hall–Kier alpha value is -2.16. The van der Waals surface area contributed by atoms with Gasteiger partial charge in [0.05, 0.1) is 22.3 Å². The number of rotatable bonds is 3. The normalized spacial score (nSPS) is 11.1. The van der Waals surface area contributed by atoms with Gasteiger partial charge in [0, 0.05) is 5.69 Å². The minimum absolute atomic E-state index is 0.110. The van der Waals surface area contributed by atoms with Crippen molar-refractivity contribution < 1.29 is 13.2 Å². The number of nitrogens with zero attached hydrogens (tertiary/aromatic N) is 1. The number of hydrogen-bond donors (Lipinski definition) is 3. The van der Waals surface area contributed by atoms with Crippen molar-refractivity contribution >= 4 is 38.9 Å². The Kier molecular flexibility index (Phi) is 4.12. The highest BCUT2D eigenvalue weighted by Gasteiger charge is 2.13. The highest BCUT2D eigenvalue weighted by atomic mass is 35.5. The third-order valence-electron chi connectivity index (χ3n) is 2.57. The smallest absolute Gasteiger partial charge is 0.257 e. The van der Waals surface area contributed by atoms with Gasteiger partial charge in [-0.25, -0.2) is 18.5 Å². The molecule has 7 nitrogen and oxygen atoms in total. The first-order valence-corrected chi connectivity index (χ1v) is 7.55. The second-order valence-corrected chi connectivity index (χ2v) is 6.07. The molecule has 1 amide bonds. The fourth-order valence-corrected chi connectivity index (χ4v) is 2.30. The highest BCUT2D eigenvalue weighted by molar-refractivity contribution is 7.89. The number of sulfonamides is 1. The maximum atomic E-state index is 12.1. The second kappa shape index (κ2) is 5.68. The predicted molar refractivity (Wildman–Crippen MR) is 79.4 cm³/mol. The Bertz CT molecular complexity index is 808. The van der Waals surface area contributed by atoms with Crippen LogP contribution in [-0.2, 0) is 10.0 Å². The van der Waals surface area contributed by atoms with E-state index in [2.05, 4.69) is 10.3 Å². The van der Waals surface area contributed by atoms with Crippen molar-refractivity contribution in [2.45, 2.75) is 4.90 Å². The first kappa shape index (κ1) is 15.2. The van der Waals surface area contributed by atoms with Crippen LogP contribution in [-0.4, -0.2) is 19.3 Å². The average Bonchev–Trinajstić information content (AvgIpc) is 2.41. The summed E-state index contributed by atoms with van der Waals surface area (Å²) in [7, 11) is -3.85. The number of nitrogens with two attached hydrogens (primary N) is 2. The van der Waals surface area contributed by atoms with E-state index in [1.165, 1.54) is 36.5 Å². The van der Waals surface area contributed by atoms with Crippen molar-refractivity contribution in [1.29, 1.82) is 0 Å². The average molecular weight is 327 g/mol. The molecule has 0 atom stereocenters. The number of aromatic nitrogens is 1. The number of nitrogen functional groups attached to an aromatic ring is 1. The third-order valence-corrected chi connectivity index (χ3v) is 3.68. The zero-order valence-corrected chi connectivity index (χ0v) is 12.1. The quantitative estimate of drug-likeness (QED) is 0.730. The molecular weight excluding hydrogens is 316 g/mol. The van der Waals surface area contributed by atoms with E-state index in [1.807, 2.05) is 0 Å². The molecule has 0 bridgehead atoms. The van der Waals surface area contributed by atoms with E-state index in [0.29, 0.717) is 0 Å². The minimum Gasteiger partial charge on any atom is -0.397 e. The number of halogens is 1. The largest absolute Gasteiger partial charge is 0.397 e. The maximum absolute atomic E-state index is 12.1. The number of primary sulfonamides is 1. The molecule has 0 fully saturated rings. The Balaban J connectivity index is 2.30. The number of anilines is 2. The topological polar surface area (TPSA) is 128 Å². The maximum Gasteiger partial charge on any atom is 0.257 e. The van der Waals surface area contributed by atoms with Gasteiger partial charge in [-0.3, -0.25) is 4.79 Å². The Labute approximate surface area is 126 Å². The van der Waals surface area contributed by atoms with Crippen LogP contribution in [0.2, 0.25) is 5.15 Å². The lowest BCUT2D eigenvalue weighted by Crippen LogP contribution is -2.16. The van der Waals surface area contributed by atoms with Crippen molar-refractivity contribution in [3.8, 4) is 0 Å². The van der Waals surface area contributed by atoms with Gasteiger partial charge in [0.25, 0.3) is 5.91 Å². The second-order valence-electron chi connectivity index (χ2n) is 4.12. The van der Waals surface area contributed by atoms with Crippen LogP contribution < -0.4 is 16.2 Å². The van der Waals surface area contributed by atoms with Gasteiger partial charge < -0.3 is 11.1 Å². The highest BCUT2D eigenvalue weighted by Crippen LogP contribution is 2.19. The number of hydrogen-bond acceptors (Lipinski definition) is 5. The molecule has 1 aromatic heterocycles. The predicted octanol–water partition coefficient (Wildman–Crippen LogP) is 1.22. The van der Waals surface area contributed by atoms with Gasteiger partial charge in [-0.1, -0.05) is 17.7 Å². The van der Waals surface area contributed by atoms with Crippen LogP contribution in [0, 0.1) is 0 Å². The summed E-state index contributed by atoms with van der Waals surface area (Å²) in [5.41, 5.74) is 6.20. The molecule has 0 aliphatic carbocycles. The van der Waals surface area contributed by atoms with E-state index in [1.54, 1.807) is 0 Å². The van der Waals surface area contributed by atoms with Crippen LogP contribution in [0.4, 0.5) is 11.4 Å². The van der Waals surface area contributed by atoms with E-state index >= 15 is 0 Å². The van der Waals surface area contributed by atoms with Gasteiger partial charge in [0.2, 0.25) is 10.0 Å². The molecular formula is C12H11ClN4O3S. The van der Waals surface area contributed by atoms with E-state index in [4.69, 9.17) is 22.5 Å². The van der Waals surface area contributed by atoms with Gasteiger partial charge in [-0.15, -0.1) is 0 Å². The summed E-state index contributed by atoms with van der Waals surface area (Å²) < 4.78 is 22.5. The van der Waals surface area contributed by atoms with Crippen LogP contribution >= 0.6 is 11.6 Å². The van der Waals surface area contributed by atoms with Crippen LogP contribution in [0.25, 0.3) is 0 Å². The van der Waals surface area contributed by atoms with Gasteiger partial charge >= 0.3 is 0 Å². The Morgan fingerprint density at radius 3 is 2.67 bits per heavy atom. The van der Waals surface area contributed by atoms with Crippen molar-refractivity contribution in [2.24, 2.45) is 5.14 Å². The molecule has 0 spiro atoms. The number of amides is 1. The van der Waals surface area contributed by atoms with Gasteiger partial charge in [0.15, 0.2) is 0 Å². The van der Waals surface area contributed by atoms with Gasteiger partial charge in [0.1, 0.15) is 5.15 Å². The zero-order valence-electron chi connectivity index (χ0n) is 10.6. The summed E-state index contributed by atoms with van der Waals surface area (Å²) >= 11 is 5.71. The number of pyridine rings is 1. The van der Waals surface area contributed by atoms with Crippen molar-refractivity contribution in [1.82, 2.24) is 4.98 Å². The molecule has 0 radical (unpaired) electrons. The van der Waals surface area contributed by atoms with Crippen molar-refractivity contribution in [3.63, 3.8) is 0 Å². The molecule has 9 heteroatoms. The first-order chi connectivity index (χ1) is 9.77. The van der Waals surface area contributed by atoms with Crippen molar-refractivity contribution in [3.05, 3.63) is 47.2 Å². The van der Waals surface area contributed by atoms with Crippen LogP contribution in [0.5, 0.6) is 0 Å². The summed E-state index contributed by atoms with van der Waals surface area (Å²) in [5, 5.41) is 7.66. The molecule has 5 N–H and O–H groups in total. The lowest BCUT2D eigenvalue weighted by molar-refractivity contribution is 0.102. The number of benzene rings is 1. The number of carbonyl (C=O) groups is 1. The lowest BCUT2D eigenvalue weighted by atomic mass is 10.2. The third kappa shape index (κ3) is 3.69. The fourth-order valence-electron chi connectivity index (χ4n) is 1.59. The van der Waals surface area contributed by atoms with Gasteiger partial charge in [-0.2, -0.15) is 0 Å². The molecule has 0 unspecified atom stereocenters. The molecule has 0 aliphatic heterocycles.